The summed E-state index contributed by atoms with van der Waals surface area (Å²) in [7, 11) is 1.71. The van der Waals surface area contributed by atoms with Crippen LogP contribution in [0.3, 0.4) is 0 Å². The highest BCUT2D eigenvalue weighted by atomic mass is 32.2. The Bertz CT molecular complexity index is 588. The number of para-hydroxylation sites is 1. The zero-order chi connectivity index (χ0) is 16.5. The van der Waals surface area contributed by atoms with Crippen molar-refractivity contribution in [2.45, 2.75) is 30.7 Å². The van der Waals surface area contributed by atoms with Gasteiger partial charge in [-0.05, 0) is 68.0 Å². The average molecular weight is 333 g/mol. The van der Waals surface area contributed by atoms with Crippen molar-refractivity contribution < 1.29 is 9.13 Å². The lowest BCUT2D eigenvalue weighted by molar-refractivity contribution is 0.408. The molecule has 0 spiro atoms. The second-order valence-electron chi connectivity index (χ2n) is 5.51. The Morgan fingerprint density at radius 1 is 1.13 bits per heavy atom. The number of thioether (sulfide) groups is 1. The van der Waals surface area contributed by atoms with Crippen molar-refractivity contribution in [1.29, 1.82) is 0 Å². The number of methoxy groups -OCH3 is 1. The molecule has 0 aliphatic carbocycles. The van der Waals surface area contributed by atoms with Crippen LogP contribution in [0.5, 0.6) is 5.75 Å². The van der Waals surface area contributed by atoms with E-state index in [4.69, 9.17) is 4.74 Å². The maximum atomic E-state index is 12.8. The van der Waals surface area contributed by atoms with Crippen molar-refractivity contribution in [3.05, 3.63) is 59.9 Å². The highest BCUT2D eigenvalue weighted by Gasteiger charge is 2.05. The maximum Gasteiger partial charge on any atom is 0.123 e. The molecule has 2 rings (SSSR count). The van der Waals surface area contributed by atoms with Crippen molar-refractivity contribution in [2.24, 2.45) is 0 Å². The molecule has 1 atom stereocenters. The molecule has 0 heterocycles. The maximum absolute atomic E-state index is 12.8. The van der Waals surface area contributed by atoms with Crippen LogP contribution in [-0.4, -0.2) is 25.4 Å². The van der Waals surface area contributed by atoms with Crippen LogP contribution in [0.1, 0.15) is 18.9 Å². The van der Waals surface area contributed by atoms with Gasteiger partial charge >= 0.3 is 0 Å². The smallest absolute Gasteiger partial charge is 0.123 e. The van der Waals surface area contributed by atoms with Gasteiger partial charge in [0.05, 0.1) is 7.11 Å². The first-order valence-corrected chi connectivity index (χ1v) is 8.91. The normalized spacial score (nSPS) is 12.1. The fourth-order valence-electron chi connectivity index (χ4n) is 2.35. The minimum absolute atomic E-state index is 0.180. The van der Waals surface area contributed by atoms with E-state index in [1.165, 1.54) is 17.7 Å². The number of rotatable bonds is 9. The summed E-state index contributed by atoms with van der Waals surface area (Å²) in [6.45, 7) is 3.14. The Morgan fingerprint density at radius 3 is 2.61 bits per heavy atom. The van der Waals surface area contributed by atoms with Crippen LogP contribution in [0.15, 0.2) is 53.4 Å². The van der Waals surface area contributed by atoms with E-state index in [1.807, 2.05) is 30.3 Å². The quantitative estimate of drug-likeness (QED) is 0.681. The number of nitrogens with one attached hydrogen (secondary N) is 1. The van der Waals surface area contributed by atoms with Gasteiger partial charge in [0.25, 0.3) is 0 Å². The summed E-state index contributed by atoms with van der Waals surface area (Å²) in [5, 5.41) is 3.55. The van der Waals surface area contributed by atoms with Gasteiger partial charge in [0.15, 0.2) is 0 Å². The SMILES string of the molecule is COc1ccccc1CCNC(C)CCSc1ccc(F)cc1. The molecule has 124 valence electrons. The standard InChI is InChI=1S/C19H24FNOS/c1-15(12-14-23-18-9-7-17(20)8-10-18)21-13-11-16-5-3-4-6-19(16)22-2/h3-10,15,21H,11-14H2,1-2H3. The Hall–Kier alpha value is -1.52. The second-order valence-corrected chi connectivity index (χ2v) is 6.68. The molecule has 1 unspecified atom stereocenters. The lowest BCUT2D eigenvalue weighted by atomic mass is 10.1. The fraction of sp³-hybridized carbons (Fsp3) is 0.368. The number of hydrogen-bond donors (Lipinski definition) is 1. The van der Waals surface area contributed by atoms with E-state index in [0.29, 0.717) is 6.04 Å². The molecular formula is C19H24FNOS. The topological polar surface area (TPSA) is 21.3 Å². The van der Waals surface area contributed by atoms with E-state index in [1.54, 1.807) is 18.9 Å². The predicted molar refractivity (Wildman–Crippen MR) is 95.9 cm³/mol. The van der Waals surface area contributed by atoms with E-state index in [9.17, 15) is 4.39 Å². The average Bonchev–Trinajstić information content (AvgIpc) is 2.57. The van der Waals surface area contributed by atoms with Crippen LogP contribution >= 0.6 is 11.8 Å². The summed E-state index contributed by atoms with van der Waals surface area (Å²) < 4.78 is 18.2. The van der Waals surface area contributed by atoms with Gasteiger partial charge in [0.2, 0.25) is 0 Å². The van der Waals surface area contributed by atoms with Crippen LogP contribution in [-0.2, 0) is 6.42 Å². The van der Waals surface area contributed by atoms with Crippen molar-refractivity contribution in [2.75, 3.05) is 19.4 Å². The molecule has 0 fully saturated rings. The lowest BCUT2D eigenvalue weighted by Gasteiger charge is -2.14. The Morgan fingerprint density at radius 2 is 1.87 bits per heavy atom. The summed E-state index contributed by atoms with van der Waals surface area (Å²) in [5.74, 6) is 1.80. The zero-order valence-electron chi connectivity index (χ0n) is 13.7. The molecule has 2 nitrogen and oxygen atoms in total. The first-order valence-electron chi connectivity index (χ1n) is 7.92. The third-order valence-corrected chi connectivity index (χ3v) is 4.76. The van der Waals surface area contributed by atoms with E-state index < -0.39 is 0 Å². The molecule has 0 radical (unpaired) electrons. The lowest BCUT2D eigenvalue weighted by Crippen LogP contribution is -2.28. The highest BCUT2D eigenvalue weighted by molar-refractivity contribution is 7.99. The number of hydrogen-bond acceptors (Lipinski definition) is 3. The van der Waals surface area contributed by atoms with Gasteiger partial charge < -0.3 is 10.1 Å². The highest BCUT2D eigenvalue weighted by Crippen LogP contribution is 2.20. The molecular weight excluding hydrogens is 309 g/mol. The number of benzene rings is 2. The van der Waals surface area contributed by atoms with Crippen molar-refractivity contribution in [3.63, 3.8) is 0 Å². The first kappa shape index (κ1) is 17.8. The van der Waals surface area contributed by atoms with E-state index in [0.717, 1.165) is 35.8 Å². The monoisotopic (exact) mass is 333 g/mol. The Labute approximate surface area is 142 Å². The van der Waals surface area contributed by atoms with Crippen molar-refractivity contribution in [1.82, 2.24) is 5.32 Å². The summed E-state index contributed by atoms with van der Waals surface area (Å²) in [6, 6.07) is 15.3. The number of halogens is 1. The Balaban J connectivity index is 1.65. The molecule has 2 aromatic rings. The van der Waals surface area contributed by atoms with Gasteiger partial charge in [0, 0.05) is 10.9 Å². The van der Waals surface area contributed by atoms with Gasteiger partial charge in [-0.25, -0.2) is 4.39 Å². The fourth-order valence-corrected chi connectivity index (χ4v) is 3.38. The molecule has 0 saturated carbocycles. The van der Waals surface area contributed by atoms with Crippen LogP contribution in [0, 0.1) is 5.82 Å². The van der Waals surface area contributed by atoms with E-state index >= 15 is 0 Å². The molecule has 2 aromatic carbocycles. The van der Waals surface area contributed by atoms with Crippen molar-refractivity contribution >= 4 is 11.8 Å². The van der Waals surface area contributed by atoms with Crippen LogP contribution < -0.4 is 10.1 Å². The minimum Gasteiger partial charge on any atom is -0.496 e. The Kier molecular flexibility index (Phi) is 7.43. The predicted octanol–water partition coefficient (Wildman–Crippen LogP) is 4.54. The van der Waals surface area contributed by atoms with E-state index in [2.05, 4.69) is 18.3 Å². The molecule has 0 bridgehead atoms. The largest absolute Gasteiger partial charge is 0.496 e. The second kappa shape index (κ2) is 9.58. The van der Waals surface area contributed by atoms with E-state index in [-0.39, 0.29) is 5.82 Å². The van der Waals surface area contributed by atoms with Gasteiger partial charge in [-0.2, -0.15) is 0 Å². The molecule has 0 saturated heterocycles. The summed E-state index contributed by atoms with van der Waals surface area (Å²) in [6.07, 6.45) is 2.04. The van der Waals surface area contributed by atoms with Gasteiger partial charge in [0.1, 0.15) is 11.6 Å². The molecule has 0 aliphatic heterocycles. The molecule has 0 aliphatic rings. The van der Waals surface area contributed by atoms with Crippen LogP contribution in [0.25, 0.3) is 0 Å². The third kappa shape index (κ3) is 6.24. The number of ether oxygens (including phenoxy) is 1. The van der Waals surface area contributed by atoms with Crippen LogP contribution in [0.2, 0.25) is 0 Å². The summed E-state index contributed by atoms with van der Waals surface area (Å²) in [5.41, 5.74) is 1.23. The third-order valence-electron chi connectivity index (χ3n) is 3.71. The minimum atomic E-state index is -0.180. The molecule has 23 heavy (non-hydrogen) atoms. The van der Waals surface area contributed by atoms with Gasteiger partial charge in [-0.15, -0.1) is 11.8 Å². The van der Waals surface area contributed by atoms with Crippen LogP contribution in [0.4, 0.5) is 4.39 Å². The summed E-state index contributed by atoms with van der Waals surface area (Å²) >= 11 is 1.77. The molecule has 1 N–H and O–H groups in total. The van der Waals surface area contributed by atoms with Crippen molar-refractivity contribution in [3.8, 4) is 5.75 Å². The molecule has 0 aromatic heterocycles. The first-order chi connectivity index (χ1) is 11.2. The van der Waals surface area contributed by atoms with Gasteiger partial charge in [-0.3, -0.25) is 0 Å². The zero-order valence-corrected chi connectivity index (χ0v) is 14.5. The molecule has 0 amide bonds. The molecule has 4 heteroatoms. The van der Waals surface area contributed by atoms with Gasteiger partial charge in [-0.1, -0.05) is 18.2 Å². The summed E-state index contributed by atoms with van der Waals surface area (Å²) in [4.78, 5) is 1.12.